The molecule has 4 nitrogen and oxygen atoms in total. The molecule has 1 aliphatic heterocycles. The summed E-state index contributed by atoms with van der Waals surface area (Å²) in [6.45, 7) is 1.97. The number of carbonyl (C=O) groups is 1. The molecule has 3 aliphatic rings. The van der Waals surface area contributed by atoms with Gasteiger partial charge in [0, 0.05) is 30.2 Å². The Labute approximate surface area is 170 Å². The van der Waals surface area contributed by atoms with Crippen molar-refractivity contribution >= 4 is 5.91 Å². The Hall–Kier alpha value is -1.53. The standard InChI is InChI=1S/C23H31F2NO3/c1-22-14-17(15-6-3-2-4-7-15)26(19(22)9-5-8-18(27)20(22)28)21(29)16-10-12-23(24,25)13-11-16/h2-4,6-7,16-20,27-28H,5,8-14H2,1H3/t17-,18+,19-,20+,22-/m1/s1. The van der Waals surface area contributed by atoms with Gasteiger partial charge in [-0.1, -0.05) is 37.3 Å². The normalized spacial score (nSPS) is 37.8. The lowest BCUT2D eigenvalue weighted by Gasteiger charge is -2.40. The second kappa shape index (κ2) is 7.62. The van der Waals surface area contributed by atoms with Gasteiger partial charge in [0.25, 0.3) is 0 Å². The van der Waals surface area contributed by atoms with Gasteiger partial charge in [-0.15, -0.1) is 0 Å². The van der Waals surface area contributed by atoms with Crippen LogP contribution in [0.2, 0.25) is 0 Å². The molecule has 0 aromatic heterocycles. The van der Waals surface area contributed by atoms with Crippen molar-refractivity contribution in [2.24, 2.45) is 11.3 Å². The van der Waals surface area contributed by atoms with Crippen LogP contribution < -0.4 is 0 Å². The number of benzene rings is 1. The van der Waals surface area contributed by atoms with Crippen LogP contribution >= 0.6 is 0 Å². The Morgan fingerprint density at radius 2 is 1.72 bits per heavy atom. The molecule has 0 bridgehead atoms. The average Bonchev–Trinajstić information content (AvgIpc) is 2.95. The maximum absolute atomic E-state index is 13.7. The number of nitrogens with zero attached hydrogens (tertiary/aromatic N) is 1. The van der Waals surface area contributed by atoms with Crippen LogP contribution in [0.3, 0.4) is 0 Å². The molecule has 2 aliphatic carbocycles. The molecule has 5 atom stereocenters. The van der Waals surface area contributed by atoms with Crippen LogP contribution in [-0.4, -0.2) is 45.2 Å². The summed E-state index contributed by atoms with van der Waals surface area (Å²) in [6.07, 6.45) is 0.744. The van der Waals surface area contributed by atoms with Crippen molar-refractivity contribution in [1.29, 1.82) is 0 Å². The fourth-order valence-electron chi connectivity index (χ4n) is 5.85. The molecule has 6 heteroatoms. The van der Waals surface area contributed by atoms with Crippen LogP contribution in [0.4, 0.5) is 8.78 Å². The van der Waals surface area contributed by atoms with Crippen LogP contribution in [0.25, 0.3) is 0 Å². The smallest absolute Gasteiger partial charge is 0.248 e. The molecular formula is C23H31F2NO3. The lowest BCUT2D eigenvalue weighted by atomic mass is 9.74. The van der Waals surface area contributed by atoms with Crippen LogP contribution in [0.15, 0.2) is 30.3 Å². The largest absolute Gasteiger partial charge is 0.390 e. The van der Waals surface area contributed by atoms with E-state index in [1.807, 2.05) is 42.2 Å². The molecule has 0 spiro atoms. The number of aliphatic hydroxyl groups is 2. The van der Waals surface area contributed by atoms with Gasteiger partial charge in [0.1, 0.15) is 0 Å². The number of fused-ring (bicyclic) bond motifs is 1. The molecule has 1 saturated heterocycles. The van der Waals surface area contributed by atoms with E-state index in [9.17, 15) is 23.8 Å². The Morgan fingerprint density at radius 1 is 1.07 bits per heavy atom. The highest BCUT2D eigenvalue weighted by molar-refractivity contribution is 5.80. The van der Waals surface area contributed by atoms with Crippen molar-refractivity contribution in [1.82, 2.24) is 4.90 Å². The van der Waals surface area contributed by atoms with E-state index in [4.69, 9.17) is 0 Å². The zero-order valence-corrected chi connectivity index (χ0v) is 16.9. The average molecular weight is 408 g/mol. The number of hydrogen-bond donors (Lipinski definition) is 2. The number of rotatable bonds is 2. The van der Waals surface area contributed by atoms with E-state index in [1.54, 1.807) is 0 Å². The zero-order chi connectivity index (χ0) is 20.8. The zero-order valence-electron chi connectivity index (χ0n) is 16.9. The first-order valence-corrected chi connectivity index (χ1v) is 10.8. The molecule has 160 valence electrons. The molecule has 3 fully saturated rings. The second-order valence-electron chi connectivity index (χ2n) is 9.47. The third-order valence-electron chi connectivity index (χ3n) is 7.59. The minimum Gasteiger partial charge on any atom is -0.390 e. The van der Waals surface area contributed by atoms with Gasteiger partial charge in [-0.05, 0) is 44.1 Å². The third kappa shape index (κ3) is 3.70. The molecule has 1 amide bonds. The first-order chi connectivity index (χ1) is 13.7. The summed E-state index contributed by atoms with van der Waals surface area (Å²) in [4.78, 5) is 15.5. The van der Waals surface area contributed by atoms with E-state index >= 15 is 0 Å². The minimum atomic E-state index is -2.67. The Balaban J connectivity index is 1.68. The monoisotopic (exact) mass is 407 g/mol. The van der Waals surface area contributed by atoms with Crippen LogP contribution in [-0.2, 0) is 4.79 Å². The van der Waals surface area contributed by atoms with Gasteiger partial charge >= 0.3 is 0 Å². The Morgan fingerprint density at radius 3 is 2.38 bits per heavy atom. The van der Waals surface area contributed by atoms with Gasteiger partial charge in [0.05, 0.1) is 18.2 Å². The first-order valence-electron chi connectivity index (χ1n) is 10.8. The van der Waals surface area contributed by atoms with Crippen LogP contribution in [0.5, 0.6) is 0 Å². The van der Waals surface area contributed by atoms with Crippen molar-refractivity contribution in [3.8, 4) is 0 Å². The van der Waals surface area contributed by atoms with E-state index in [0.29, 0.717) is 19.3 Å². The predicted molar refractivity (Wildman–Crippen MR) is 105 cm³/mol. The number of carbonyl (C=O) groups excluding carboxylic acids is 1. The van der Waals surface area contributed by atoms with Crippen molar-refractivity contribution in [2.45, 2.75) is 88.5 Å². The molecule has 2 N–H and O–H groups in total. The topological polar surface area (TPSA) is 60.8 Å². The van der Waals surface area contributed by atoms with Crippen molar-refractivity contribution in [3.05, 3.63) is 35.9 Å². The quantitative estimate of drug-likeness (QED) is 0.777. The number of likely N-dealkylation sites (tertiary alicyclic amines) is 1. The summed E-state index contributed by atoms with van der Waals surface area (Å²) in [6, 6.07) is 9.35. The molecule has 29 heavy (non-hydrogen) atoms. The lowest BCUT2D eigenvalue weighted by molar-refractivity contribution is -0.145. The van der Waals surface area contributed by atoms with E-state index in [1.165, 1.54) is 0 Å². The summed E-state index contributed by atoms with van der Waals surface area (Å²) in [7, 11) is 0. The van der Waals surface area contributed by atoms with Crippen molar-refractivity contribution < 1.29 is 23.8 Å². The van der Waals surface area contributed by atoms with Crippen molar-refractivity contribution in [3.63, 3.8) is 0 Å². The van der Waals surface area contributed by atoms with Gasteiger partial charge in [0.15, 0.2) is 0 Å². The summed E-state index contributed by atoms with van der Waals surface area (Å²) in [5, 5.41) is 21.4. The molecule has 0 radical (unpaired) electrons. The summed E-state index contributed by atoms with van der Waals surface area (Å²) < 4.78 is 27.3. The molecule has 1 aromatic carbocycles. The van der Waals surface area contributed by atoms with Crippen molar-refractivity contribution in [2.75, 3.05) is 0 Å². The van der Waals surface area contributed by atoms with E-state index in [2.05, 4.69) is 0 Å². The Bertz CT molecular complexity index is 733. The number of amides is 1. The maximum Gasteiger partial charge on any atom is 0.248 e. The van der Waals surface area contributed by atoms with Gasteiger partial charge in [0.2, 0.25) is 11.8 Å². The second-order valence-corrected chi connectivity index (χ2v) is 9.47. The van der Waals surface area contributed by atoms with Crippen LogP contribution in [0.1, 0.15) is 69.9 Å². The van der Waals surface area contributed by atoms with E-state index in [-0.39, 0.29) is 43.7 Å². The van der Waals surface area contributed by atoms with Gasteiger partial charge < -0.3 is 15.1 Å². The minimum absolute atomic E-state index is 0.0633. The summed E-state index contributed by atoms with van der Waals surface area (Å²) >= 11 is 0. The fourth-order valence-corrected chi connectivity index (χ4v) is 5.85. The number of aliphatic hydroxyl groups excluding tert-OH is 2. The molecule has 1 aromatic rings. The van der Waals surface area contributed by atoms with E-state index in [0.717, 1.165) is 12.0 Å². The molecule has 2 saturated carbocycles. The number of alkyl halides is 2. The van der Waals surface area contributed by atoms with Crippen LogP contribution in [0, 0.1) is 11.3 Å². The van der Waals surface area contributed by atoms with E-state index < -0.39 is 29.5 Å². The lowest BCUT2D eigenvalue weighted by Crippen LogP contribution is -2.50. The first kappa shape index (κ1) is 20.7. The molecule has 1 heterocycles. The van der Waals surface area contributed by atoms with Gasteiger partial charge in [-0.25, -0.2) is 8.78 Å². The highest BCUT2D eigenvalue weighted by Gasteiger charge is 2.57. The summed E-state index contributed by atoms with van der Waals surface area (Å²) in [5.41, 5.74) is 0.378. The fraction of sp³-hybridized carbons (Fsp3) is 0.696. The molecular weight excluding hydrogens is 376 g/mol. The van der Waals surface area contributed by atoms with Gasteiger partial charge in [-0.3, -0.25) is 4.79 Å². The third-order valence-corrected chi connectivity index (χ3v) is 7.59. The predicted octanol–water partition coefficient (Wildman–Crippen LogP) is 4.07. The summed E-state index contributed by atoms with van der Waals surface area (Å²) in [5.74, 6) is -3.13. The Kier molecular flexibility index (Phi) is 5.45. The molecule has 4 rings (SSSR count). The highest BCUT2D eigenvalue weighted by Crippen LogP contribution is 2.54. The maximum atomic E-state index is 13.7. The number of halogens is 2. The van der Waals surface area contributed by atoms with Gasteiger partial charge in [-0.2, -0.15) is 0 Å². The highest BCUT2D eigenvalue weighted by atomic mass is 19.3. The number of hydrogen-bond acceptors (Lipinski definition) is 3. The SMILES string of the molecule is C[C@@]12C[C@H](c3ccccc3)N(C(=O)C3CCC(F)(F)CC3)[C@@H]1CCC[C@H](O)[C@@H]2O. The molecule has 0 unspecified atom stereocenters.